The van der Waals surface area contributed by atoms with Crippen LogP contribution >= 0.6 is 0 Å². The fraction of sp³-hybridized carbons (Fsp3) is 0.364. The highest BCUT2D eigenvalue weighted by Crippen LogP contribution is 2.24. The van der Waals surface area contributed by atoms with Crippen molar-refractivity contribution in [2.75, 3.05) is 26.3 Å². The van der Waals surface area contributed by atoms with Crippen molar-refractivity contribution in [1.82, 2.24) is 28.5 Å². The number of carbonyl (C=O) groups is 1. The van der Waals surface area contributed by atoms with E-state index in [9.17, 15) is 13.2 Å². The van der Waals surface area contributed by atoms with Crippen LogP contribution in [0.15, 0.2) is 41.6 Å². The van der Waals surface area contributed by atoms with E-state index in [4.69, 9.17) is 9.47 Å². The molecule has 1 aromatic carbocycles. The van der Waals surface area contributed by atoms with Gasteiger partial charge in [-0.3, -0.25) is 0 Å². The Morgan fingerprint density at radius 3 is 2.79 bits per heavy atom. The van der Waals surface area contributed by atoms with Gasteiger partial charge >= 0.3 is 5.97 Å². The molecule has 1 aliphatic rings. The van der Waals surface area contributed by atoms with Crippen molar-refractivity contribution in [1.29, 1.82) is 0 Å². The number of aryl methyl sites for hydroxylation is 2. The Bertz CT molecular complexity index is 1490. The topological polar surface area (TPSA) is 121 Å². The van der Waals surface area contributed by atoms with E-state index in [1.54, 1.807) is 43.6 Å². The van der Waals surface area contributed by atoms with Crippen LogP contribution in [-0.4, -0.2) is 69.1 Å². The fourth-order valence-electron chi connectivity index (χ4n) is 4.16. The number of nitrogens with zero attached hydrogens (tertiary/aromatic N) is 6. The number of sulfonamides is 1. The molecule has 0 amide bonds. The van der Waals surface area contributed by atoms with Crippen LogP contribution in [0.25, 0.3) is 16.7 Å². The highest BCUT2D eigenvalue weighted by molar-refractivity contribution is 7.89. The van der Waals surface area contributed by atoms with E-state index < -0.39 is 16.0 Å². The van der Waals surface area contributed by atoms with Gasteiger partial charge in [0.15, 0.2) is 5.65 Å². The molecule has 0 bridgehead atoms. The minimum Gasteiger partial charge on any atom is -0.454 e. The van der Waals surface area contributed by atoms with E-state index in [-0.39, 0.29) is 11.5 Å². The van der Waals surface area contributed by atoms with Gasteiger partial charge in [0, 0.05) is 32.0 Å². The van der Waals surface area contributed by atoms with E-state index >= 15 is 0 Å². The first-order valence-electron chi connectivity index (χ1n) is 10.9. The first-order valence-corrected chi connectivity index (χ1v) is 12.4. The molecule has 178 valence electrons. The summed E-state index contributed by atoms with van der Waals surface area (Å²) in [5, 5.41) is 4.29. The molecule has 4 aromatic rings. The number of esters is 1. The highest BCUT2D eigenvalue weighted by Gasteiger charge is 2.27. The second kappa shape index (κ2) is 8.78. The molecule has 11 nitrogen and oxygen atoms in total. The van der Waals surface area contributed by atoms with Crippen LogP contribution in [0, 0.1) is 6.92 Å². The first kappa shape index (κ1) is 22.4. The Hall–Kier alpha value is -3.35. The molecule has 0 N–H and O–H groups in total. The van der Waals surface area contributed by atoms with Gasteiger partial charge in [0.2, 0.25) is 10.0 Å². The number of hydrogen-bond acceptors (Lipinski definition) is 8. The number of morpholine rings is 1. The van der Waals surface area contributed by atoms with Crippen LogP contribution in [-0.2, 0) is 32.6 Å². The van der Waals surface area contributed by atoms with Crippen LogP contribution in [0.2, 0.25) is 0 Å². The third-order valence-electron chi connectivity index (χ3n) is 5.83. The van der Waals surface area contributed by atoms with E-state index in [0.717, 1.165) is 5.52 Å². The number of rotatable bonds is 6. The van der Waals surface area contributed by atoms with E-state index in [0.29, 0.717) is 61.1 Å². The van der Waals surface area contributed by atoms with Gasteiger partial charge in [0.05, 0.1) is 34.8 Å². The van der Waals surface area contributed by atoms with Gasteiger partial charge in [0.25, 0.3) is 0 Å². The van der Waals surface area contributed by atoms with Crippen molar-refractivity contribution < 1.29 is 22.7 Å². The Kier molecular flexibility index (Phi) is 5.80. The maximum absolute atomic E-state index is 13.0. The minimum atomic E-state index is -3.64. The molecule has 0 unspecified atom stereocenters. The van der Waals surface area contributed by atoms with Gasteiger partial charge in [-0.25, -0.2) is 27.7 Å². The van der Waals surface area contributed by atoms with Crippen LogP contribution < -0.4 is 0 Å². The zero-order chi connectivity index (χ0) is 23.9. The molecular formula is C22H24N6O5S. The van der Waals surface area contributed by atoms with Crippen molar-refractivity contribution in [3.63, 3.8) is 0 Å². The molecule has 0 spiro atoms. The molecule has 12 heteroatoms. The summed E-state index contributed by atoms with van der Waals surface area (Å²) in [6.07, 6.45) is 3.30. The van der Waals surface area contributed by atoms with Gasteiger partial charge in [-0.05, 0) is 38.1 Å². The van der Waals surface area contributed by atoms with Crippen LogP contribution in [0.1, 0.15) is 28.8 Å². The van der Waals surface area contributed by atoms with Gasteiger partial charge in [-0.2, -0.15) is 9.40 Å². The molecule has 1 saturated heterocycles. The third-order valence-corrected chi connectivity index (χ3v) is 7.72. The monoisotopic (exact) mass is 484 g/mol. The Morgan fingerprint density at radius 2 is 2.03 bits per heavy atom. The predicted octanol–water partition coefficient (Wildman–Crippen LogP) is 1.79. The lowest BCUT2D eigenvalue weighted by atomic mass is 10.2. The van der Waals surface area contributed by atoms with Crippen molar-refractivity contribution in [2.45, 2.75) is 31.9 Å². The summed E-state index contributed by atoms with van der Waals surface area (Å²) in [5.74, 6) is -0.0228. The molecule has 5 rings (SSSR count). The van der Waals surface area contributed by atoms with Crippen LogP contribution in [0.5, 0.6) is 0 Å². The Labute approximate surface area is 196 Å². The second-order valence-corrected chi connectivity index (χ2v) is 9.80. The van der Waals surface area contributed by atoms with Crippen LogP contribution in [0.4, 0.5) is 0 Å². The first-order chi connectivity index (χ1) is 16.4. The second-order valence-electron chi connectivity index (χ2n) is 7.86. The average molecular weight is 485 g/mol. The lowest BCUT2D eigenvalue weighted by molar-refractivity contribution is 0.0460. The molecule has 4 heterocycles. The highest BCUT2D eigenvalue weighted by atomic mass is 32.2. The van der Waals surface area contributed by atoms with Gasteiger partial charge in [-0.15, -0.1) is 0 Å². The smallest absolute Gasteiger partial charge is 0.344 e. The molecule has 0 radical (unpaired) electrons. The predicted molar refractivity (Wildman–Crippen MR) is 122 cm³/mol. The fourth-order valence-corrected chi connectivity index (χ4v) is 5.59. The van der Waals surface area contributed by atoms with Crippen molar-refractivity contribution in [3.05, 3.63) is 53.7 Å². The lowest BCUT2D eigenvalue weighted by Gasteiger charge is -2.26. The molecule has 0 saturated carbocycles. The summed E-state index contributed by atoms with van der Waals surface area (Å²) >= 11 is 0. The summed E-state index contributed by atoms with van der Waals surface area (Å²) in [7, 11) is -3.64. The number of hydrogen-bond donors (Lipinski definition) is 0. The zero-order valence-corrected chi connectivity index (χ0v) is 19.7. The zero-order valence-electron chi connectivity index (χ0n) is 18.8. The van der Waals surface area contributed by atoms with E-state index in [1.165, 1.54) is 8.82 Å². The number of carbonyl (C=O) groups excluding carboxylic acids is 1. The maximum Gasteiger partial charge on any atom is 0.344 e. The largest absolute Gasteiger partial charge is 0.454 e. The van der Waals surface area contributed by atoms with Gasteiger partial charge < -0.3 is 14.0 Å². The lowest BCUT2D eigenvalue weighted by Crippen LogP contribution is -2.40. The van der Waals surface area contributed by atoms with Crippen molar-refractivity contribution >= 4 is 32.7 Å². The normalized spacial score (nSPS) is 15.2. The number of benzene rings is 1. The summed E-state index contributed by atoms with van der Waals surface area (Å²) in [5.41, 5.74) is 2.54. The van der Waals surface area contributed by atoms with E-state index in [1.807, 2.05) is 11.5 Å². The summed E-state index contributed by atoms with van der Waals surface area (Å²) in [6.45, 7) is 5.58. The number of imidazole rings is 1. The third kappa shape index (κ3) is 3.83. The molecule has 34 heavy (non-hydrogen) atoms. The standard InChI is InChI=1S/C22H24N6O5S/c1-3-27-18-6-5-16(34(30,31)26-9-11-32-12-10-26)13-17(18)24-19(27)14-33-22(29)20-15(2)25-28-8-4-7-23-21(20)28/h4-8,13H,3,9-12,14H2,1-2H3. The van der Waals surface area contributed by atoms with Gasteiger partial charge in [-0.1, -0.05) is 0 Å². The summed E-state index contributed by atoms with van der Waals surface area (Å²) in [4.78, 5) is 21.8. The molecule has 3 aromatic heterocycles. The molecule has 0 aliphatic carbocycles. The Morgan fingerprint density at radius 1 is 1.24 bits per heavy atom. The quantitative estimate of drug-likeness (QED) is 0.380. The molecular weight excluding hydrogens is 460 g/mol. The average Bonchev–Trinajstić information content (AvgIpc) is 3.38. The van der Waals surface area contributed by atoms with E-state index in [2.05, 4.69) is 15.1 Å². The molecule has 1 aliphatic heterocycles. The van der Waals surface area contributed by atoms with Crippen LogP contribution in [0.3, 0.4) is 0 Å². The number of ether oxygens (including phenoxy) is 2. The van der Waals surface area contributed by atoms with Gasteiger partial charge in [0.1, 0.15) is 18.0 Å². The maximum atomic E-state index is 13.0. The molecule has 1 fully saturated rings. The summed E-state index contributed by atoms with van der Waals surface area (Å²) < 4.78 is 41.7. The number of aromatic nitrogens is 5. The van der Waals surface area contributed by atoms with Crippen molar-refractivity contribution in [2.24, 2.45) is 0 Å². The Balaban J connectivity index is 1.42. The number of fused-ring (bicyclic) bond motifs is 2. The molecule has 0 atom stereocenters. The van der Waals surface area contributed by atoms with Crippen molar-refractivity contribution in [3.8, 4) is 0 Å². The minimum absolute atomic E-state index is 0.0729. The SMILES string of the molecule is CCn1c(COC(=O)c2c(C)nn3cccnc23)nc2cc(S(=O)(=O)N3CCOCC3)ccc21. The summed E-state index contributed by atoms with van der Waals surface area (Å²) in [6, 6.07) is 6.62.